The Hall–Kier alpha value is -0.610. The lowest BCUT2D eigenvalue weighted by atomic mass is 9.83. The number of amides is 1. The van der Waals surface area contributed by atoms with Crippen LogP contribution in [0.25, 0.3) is 0 Å². The van der Waals surface area contributed by atoms with Crippen molar-refractivity contribution in [1.82, 2.24) is 10.2 Å². The zero-order valence-electron chi connectivity index (χ0n) is 10.3. The summed E-state index contributed by atoms with van der Waals surface area (Å²) in [4.78, 5) is 14.0. The molecular weight excluding hydrogens is 204 g/mol. The fraction of sp³-hybridized carbons (Fsp3) is 0.917. The fourth-order valence-corrected chi connectivity index (χ4v) is 2.81. The van der Waals surface area contributed by atoms with E-state index in [0.717, 1.165) is 32.4 Å². The van der Waals surface area contributed by atoms with Crippen molar-refractivity contribution in [2.45, 2.75) is 38.7 Å². The molecule has 0 radical (unpaired) electrons. The van der Waals surface area contributed by atoms with Crippen LogP contribution in [0.5, 0.6) is 0 Å². The third-order valence-corrected chi connectivity index (χ3v) is 3.86. The molecule has 92 valence electrons. The van der Waals surface area contributed by atoms with Gasteiger partial charge < -0.3 is 15.3 Å². The molecule has 2 heterocycles. The highest BCUT2D eigenvalue weighted by molar-refractivity contribution is 5.84. The highest BCUT2D eigenvalue weighted by Gasteiger charge is 2.48. The Morgan fingerprint density at radius 2 is 2.19 bits per heavy atom. The van der Waals surface area contributed by atoms with Gasteiger partial charge in [0.2, 0.25) is 5.91 Å². The molecule has 1 amide bonds. The zero-order chi connectivity index (χ0) is 11.8. The normalized spacial score (nSPS) is 32.6. The highest BCUT2D eigenvalue weighted by atomic mass is 16.3. The minimum Gasteiger partial charge on any atom is -0.386 e. The van der Waals surface area contributed by atoms with Crippen molar-refractivity contribution < 1.29 is 9.90 Å². The van der Waals surface area contributed by atoms with E-state index >= 15 is 0 Å². The van der Waals surface area contributed by atoms with Crippen LogP contribution in [0, 0.1) is 5.41 Å². The van der Waals surface area contributed by atoms with Crippen LogP contribution in [0.1, 0.15) is 33.1 Å². The maximum Gasteiger partial charge on any atom is 0.230 e. The van der Waals surface area contributed by atoms with Gasteiger partial charge in [0.15, 0.2) is 0 Å². The molecule has 2 fully saturated rings. The number of aliphatic hydroxyl groups is 1. The maximum atomic E-state index is 12.2. The first kappa shape index (κ1) is 11.9. The Kier molecular flexibility index (Phi) is 2.97. The lowest BCUT2D eigenvalue weighted by molar-refractivity contribution is -0.165. The van der Waals surface area contributed by atoms with E-state index in [1.807, 2.05) is 11.8 Å². The Morgan fingerprint density at radius 1 is 1.50 bits per heavy atom. The number of likely N-dealkylation sites (tertiary alicyclic amines) is 1. The van der Waals surface area contributed by atoms with Gasteiger partial charge in [0.05, 0.1) is 24.1 Å². The van der Waals surface area contributed by atoms with Crippen LogP contribution in [0.2, 0.25) is 0 Å². The van der Waals surface area contributed by atoms with Crippen molar-refractivity contribution >= 4 is 5.91 Å². The van der Waals surface area contributed by atoms with Crippen molar-refractivity contribution in [3.05, 3.63) is 0 Å². The lowest BCUT2D eigenvalue weighted by Gasteiger charge is -2.48. The third-order valence-electron chi connectivity index (χ3n) is 3.86. The van der Waals surface area contributed by atoms with Crippen molar-refractivity contribution in [2.75, 3.05) is 26.2 Å². The van der Waals surface area contributed by atoms with E-state index in [1.165, 1.54) is 0 Å². The van der Waals surface area contributed by atoms with Crippen LogP contribution < -0.4 is 5.32 Å². The minimum atomic E-state index is -0.604. The Bertz CT molecular complexity index is 279. The number of hydrogen-bond acceptors (Lipinski definition) is 3. The van der Waals surface area contributed by atoms with Gasteiger partial charge in [0, 0.05) is 6.54 Å². The van der Waals surface area contributed by atoms with Gasteiger partial charge in [-0.1, -0.05) is 13.3 Å². The van der Waals surface area contributed by atoms with Gasteiger partial charge in [0.1, 0.15) is 0 Å². The molecule has 0 saturated carbocycles. The van der Waals surface area contributed by atoms with E-state index in [1.54, 1.807) is 0 Å². The number of nitrogens with one attached hydrogen (secondary N) is 1. The second kappa shape index (κ2) is 4.00. The molecule has 2 N–H and O–H groups in total. The molecule has 0 spiro atoms. The van der Waals surface area contributed by atoms with Gasteiger partial charge in [-0.25, -0.2) is 0 Å². The second-order valence-corrected chi connectivity index (χ2v) is 5.62. The zero-order valence-corrected chi connectivity index (χ0v) is 10.3. The quantitative estimate of drug-likeness (QED) is 0.730. The molecule has 2 saturated heterocycles. The number of carbonyl (C=O) groups is 1. The summed E-state index contributed by atoms with van der Waals surface area (Å²) in [6.45, 7) is 6.82. The summed E-state index contributed by atoms with van der Waals surface area (Å²) >= 11 is 0. The molecule has 0 bridgehead atoms. The number of β-amino-alcohol motifs (C(OH)–C–C–N with tert-alkyl or cyclic N) is 1. The Labute approximate surface area is 97.0 Å². The SMILES string of the molecule is CCCC1(O)CN(C(=O)C2(C)CCNC2)C1. The molecule has 4 nitrogen and oxygen atoms in total. The maximum absolute atomic E-state index is 12.2. The van der Waals surface area contributed by atoms with Gasteiger partial charge in [-0.05, 0) is 26.3 Å². The Morgan fingerprint density at radius 3 is 2.69 bits per heavy atom. The molecule has 4 heteroatoms. The van der Waals surface area contributed by atoms with E-state index in [9.17, 15) is 9.90 Å². The smallest absolute Gasteiger partial charge is 0.230 e. The van der Waals surface area contributed by atoms with E-state index in [2.05, 4.69) is 12.2 Å². The summed E-state index contributed by atoms with van der Waals surface area (Å²) in [6, 6.07) is 0. The summed E-state index contributed by atoms with van der Waals surface area (Å²) in [5.41, 5.74) is -0.847. The molecular formula is C12H22N2O2. The summed E-state index contributed by atoms with van der Waals surface area (Å²) < 4.78 is 0. The van der Waals surface area contributed by atoms with Gasteiger partial charge in [0.25, 0.3) is 0 Å². The number of hydrogen-bond donors (Lipinski definition) is 2. The monoisotopic (exact) mass is 226 g/mol. The first-order valence-corrected chi connectivity index (χ1v) is 6.22. The summed E-state index contributed by atoms with van der Waals surface area (Å²) in [6.07, 6.45) is 2.68. The van der Waals surface area contributed by atoms with Crippen LogP contribution >= 0.6 is 0 Å². The lowest BCUT2D eigenvalue weighted by Crippen LogP contribution is -2.65. The standard InChI is InChI=1S/C12H22N2O2/c1-3-4-12(16)8-14(9-12)10(15)11(2)5-6-13-7-11/h13,16H,3-9H2,1-2H3. The third kappa shape index (κ3) is 1.96. The average molecular weight is 226 g/mol. The number of nitrogens with zero attached hydrogens (tertiary/aromatic N) is 1. The largest absolute Gasteiger partial charge is 0.386 e. The van der Waals surface area contributed by atoms with Crippen LogP contribution in [0.3, 0.4) is 0 Å². The van der Waals surface area contributed by atoms with E-state index in [-0.39, 0.29) is 11.3 Å². The van der Waals surface area contributed by atoms with Gasteiger partial charge in [-0.3, -0.25) is 4.79 Å². The predicted octanol–water partition coefficient (Wildman–Crippen LogP) is 0.359. The van der Waals surface area contributed by atoms with Crippen molar-refractivity contribution in [2.24, 2.45) is 5.41 Å². The molecule has 1 atom stereocenters. The van der Waals surface area contributed by atoms with Crippen molar-refractivity contribution in [1.29, 1.82) is 0 Å². The van der Waals surface area contributed by atoms with Crippen molar-refractivity contribution in [3.63, 3.8) is 0 Å². The molecule has 1 unspecified atom stereocenters. The number of rotatable bonds is 3. The second-order valence-electron chi connectivity index (χ2n) is 5.62. The molecule has 0 aromatic heterocycles. The highest BCUT2D eigenvalue weighted by Crippen LogP contribution is 2.33. The van der Waals surface area contributed by atoms with E-state index < -0.39 is 5.60 Å². The first-order chi connectivity index (χ1) is 7.49. The van der Waals surface area contributed by atoms with Gasteiger partial charge >= 0.3 is 0 Å². The minimum absolute atomic E-state index is 0.207. The summed E-state index contributed by atoms with van der Waals surface area (Å²) in [7, 11) is 0. The Balaban J connectivity index is 1.90. The van der Waals surface area contributed by atoms with E-state index in [4.69, 9.17) is 0 Å². The van der Waals surface area contributed by atoms with Crippen molar-refractivity contribution in [3.8, 4) is 0 Å². The van der Waals surface area contributed by atoms with E-state index in [0.29, 0.717) is 13.1 Å². The molecule has 0 aliphatic carbocycles. The average Bonchev–Trinajstić information content (AvgIpc) is 2.62. The molecule has 0 aromatic rings. The summed E-state index contributed by atoms with van der Waals surface area (Å²) in [5.74, 6) is 0.207. The van der Waals surface area contributed by atoms with Gasteiger partial charge in [-0.15, -0.1) is 0 Å². The van der Waals surface area contributed by atoms with Crippen LogP contribution in [0.4, 0.5) is 0 Å². The molecule has 2 aliphatic rings. The topological polar surface area (TPSA) is 52.6 Å². The first-order valence-electron chi connectivity index (χ1n) is 6.22. The van der Waals surface area contributed by atoms with Gasteiger partial charge in [-0.2, -0.15) is 0 Å². The van der Waals surface area contributed by atoms with Crippen LogP contribution in [0.15, 0.2) is 0 Å². The molecule has 2 rings (SSSR count). The molecule has 0 aromatic carbocycles. The number of carbonyl (C=O) groups excluding carboxylic acids is 1. The van der Waals surface area contributed by atoms with Crippen LogP contribution in [-0.2, 0) is 4.79 Å². The molecule has 16 heavy (non-hydrogen) atoms. The molecule has 2 aliphatic heterocycles. The predicted molar refractivity (Wildman–Crippen MR) is 62.0 cm³/mol. The van der Waals surface area contributed by atoms with Crippen LogP contribution in [-0.4, -0.2) is 47.7 Å². The fourth-order valence-electron chi connectivity index (χ4n) is 2.81. The summed E-state index contributed by atoms with van der Waals surface area (Å²) in [5, 5.41) is 13.3.